The standard InChI is InChI=1S/C18H18N2O3/c1-20(2)18(21)17(14-7-5-4-6-8-14)23-15-10-9-13(12-19)11-16(15)22-3/h4-11,17H,1-3H3/t17-/m0/s1. The Hall–Kier alpha value is -3.00. The predicted octanol–water partition coefficient (Wildman–Crippen LogP) is 2.78. The summed E-state index contributed by atoms with van der Waals surface area (Å²) in [4.78, 5) is 14.0. The summed E-state index contributed by atoms with van der Waals surface area (Å²) in [6, 6.07) is 16.1. The molecular formula is C18H18N2O3. The molecule has 2 aromatic rings. The van der Waals surface area contributed by atoms with Crippen molar-refractivity contribution in [3.63, 3.8) is 0 Å². The molecule has 0 bridgehead atoms. The van der Waals surface area contributed by atoms with Gasteiger partial charge in [0.15, 0.2) is 11.5 Å². The molecule has 2 rings (SSSR count). The van der Waals surface area contributed by atoms with Gasteiger partial charge < -0.3 is 14.4 Å². The van der Waals surface area contributed by atoms with Crippen molar-refractivity contribution in [1.29, 1.82) is 5.26 Å². The van der Waals surface area contributed by atoms with Crippen molar-refractivity contribution in [3.8, 4) is 17.6 Å². The van der Waals surface area contributed by atoms with Crippen LogP contribution in [0.25, 0.3) is 0 Å². The fraction of sp³-hybridized carbons (Fsp3) is 0.222. The summed E-state index contributed by atoms with van der Waals surface area (Å²) in [7, 11) is 4.85. The average Bonchev–Trinajstić information content (AvgIpc) is 2.59. The summed E-state index contributed by atoms with van der Waals surface area (Å²) < 4.78 is 11.2. The number of methoxy groups -OCH3 is 1. The molecule has 118 valence electrons. The summed E-state index contributed by atoms with van der Waals surface area (Å²) in [5.74, 6) is 0.648. The van der Waals surface area contributed by atoms with E-state index < -0.39 is 6.10 Å². The van der Waals surface area contributed by atoms with E-state index in [1.54, 1.807) is 32.3 Å². The number of carbonyl (C=O) groups excluding carboxylic acids is 1. The number of benzene rings is 2. The molecule has 5 nitrogen and oxygen atoms in total. The van der Waals surface area contributed by atoms with Crippen LogP contribution in [0.3, 0.4) is 0 Å². The zero-order chi connectivity index (χ0) is 16.8. The number of hydrogen-bond acceptors (Lipinski definition) is 4. The Morgan fingerprint density at radius 1 is 1.13 bits per heavy atom. The van der Waals surface area contributed by atoms with Gasteiger partial charge in [0.05, 0.1) is 18.7 Å². The second-order valence-electron chi connectivity index (χ2n) is 5.12. The maximum Gasteiger partial charge on any atom is 0.267 e. The molecule has 0 aliphatic rings. The van der Waals surface area contributed by atoms with Gasteiger partial charge in [-0.1, -0.05) is 30.3 Å². The molecule has 0 unspecified atom stereocenters. The Bertz CT molecular complexity index is 721. The van der Waals surface area contributed by atoms with Gasteiger partial charge in [-0.25, -0.2) is 0 Å². The molecule has 0 saturated carbocycles. The van der Waals surface area contributed by atoms with Gasteiger partial charge in [-0.3, -0.25) is 4.79 Å². The lowest BCUT2D eigenvalue weighted by atomic mass is 10.1. The molecule has 0 radical (unpaired) electrons. The number of nitrogens with zero attached hydrogens (tertiary/aromatic N) is 2. The Kier molecular flexibility index (Phi) is 5.21. The summed E-state index contributed by atoms with van der Waals surface area (Å²) >= 11 is 0. The van der Waals surface area contributed by atoms with Crippen LogP contribution in [0.4, 0.5) is 0 Å². The van der Waals surface area contributed by atoms with E-state index in [1.165, 1.54) is 12.0 Å². The van der Waals surface area contributed by atoms with Gasteiger partial charge in [-0.05, 0) is 12.1 Å². The molecule has 1 atom stereocenters. The van der Waals surface area contributed by atoms with E-state index in [1.807, 2.05) is 36.4 Å². The molecule has 0 N–H and O–H groups in total. The summed E-state index contributed by atoms with van der Waals surface area (Å²) in [6.45, 7) is 0. The van der Waals surface area contributed by atoms with Gasteiger partial charge in [-0.2, -0.15) is 5.26 Å². The van der Waals surface area contributed by atoms with Crippen LogP contribution in [0.5, 0.6) is 11.5 Å². The molecular weight excluding hydrogens is 292 g/mol. The number of rotatable bonds is 5. The number of nitriles is 1. The fourth-order valence-electron chi connectivity index (χ4n) is 2.08. The van der Waals surface area contributed by atoms with Crippen LogP contribution < -0.4 is 9.47 Å². The van der Waals surface area contributed by atoms with Gasteiger partial charge in [0, 0.05) is 25.7 Å². The monoisotopic (exact) mass is 310 g/mol. The minimum Gasteiger partial charge on any atom is -0.493 e. The largest absolute Gasteiger partial charge is 0.493 e. The Balaban J connectivity index is 2.39. The Morgan fingerprint density at radius 2 is 1.83 bits per heavy atom. The maximum atomic E-state index is 12.5. The third-order valence-electron chi connectivity index (χ3n) is 3.30. The third kappa shape index (κ3) is 3.80. The number of hydrogen-bond donors (Lipinski definition) is 0. The van der Waals surface area contributed by atoms with Crippen LogP contribution in [0.1, 0.15) is 17.2 Å². The van der Waals surface area contributed by atoms with Crippen LogP contribution in [-0.2, 0) is 4.79 Å². The van der Waals surface area contributed by atoms with E-state index in [-0.39, 0.29) is 5.91 Å². The molecule has 5 heteroatoms. The predicted molar refractivity (Wildman–Crippen MR) is 86.2 cm³/mol. The van der Waals surface area contributed by atoms with Crippen LogP contribution >= 0.6 is 0 Å². The molecule has 0 spiro atoms. The molecule has 0 heterocycles. The molecule has 2 aromatic carbocycles. The van der Waals surface area contributed by atoms with Gasteiger partial charge in [0.25, 0.3) is 5.91 Å². The maximum absolute atomic E-state index is 12.5. The highest BCUT2D eigenvalue weighted by Crippen LogP contribution is 2.32. The first-order valence-corrected chi connectivity index (χ1v) is 7.07. The number of likely N-dealkylation sites (N-methyl/N-ethyl adjacent to an activating group) is 1. The van der Waals surface area contributed by atoms with Gasteiger partial charge >= 0.3 is 0 Å². The first kappa shape index (κ1) is 16.4. The summed E-state index contributed by atoms with van der Waals surface area (Å²) in [6.07, 6.45) is -0.784. The van der Waals surface area contributed by atoms with E-state index >= 15 is 0 Å². The minimum atomic E-state index is -0.784. The molecule has 23 heavy (non-hydrogen) atoms. The lowest BCUT2D eigenvalue weighted by Gasteiger charge is -2.23. The van der Waals surface area contributed by atoms with E-state index in [0.717, 1.165) is 5.56 Å². The van der Waals surface area contributed by atoms with E-state index in [2.05, 4.69) is 0 Å². The van der Waals surface area contributed by atoms with Crippen molar-refractivity contribution >= 4 is 5.91 Å². The van der Waals surface area contributed by atoms with Crippen molar-refractivity contribution in [2.45, 2.75) is 6.10 Å². The molecule has 0 aliphatic heterocycles. The SMILES string of the molecule is COc1cc(C#N)ccc1O[C@H](C(=O)N(C)C)c1ccccc1. The van der Waals surface area contributed by atoms with Gasteiger partial charge in [0.1, 0.15) is 0 Å². The van der Waals surface area contributed by atoms with Crippen LogP contribution in [0, 0.1) is 11.3 Å². The normalized spacial score (nSPS) is 11.2. The average molecular weight is 310 g/mol. The molecule has 0 saturated heterocycles. The van der Waals surface area contributed by atoms with Gasteiger partial charge in [-0.15, -0.1) is 0 Å². The Morgan fingerprint density at radius 3 is 2.39 bits per heavy atom. The number of carbonyl (C=O) groups is 1. The van der Waals surface area contributed by atoms with E-state index in [0.29, 0.717) is 17.1 Å². The first-order chi connectivity index (χ1) is 11.1. The highest BCUT2D eigenvalue weighted by Gasteiger charge is 2.25. The minimum absolute atomic E-state index is 0.178. The highest BCUT2D eigenvalue weighted by atomic mass is 16.5. The molecule has 1 amide bonds. The zero-order valence-corrected chi connectivity index (χ0v) is 13.3. The van der Waals surface area contributed by atoms with Gasteiger partial charge in [0.2, 0.25) is 6.10 Å². The smallest absolute Gasteiger partial charge is 0.267 e. The third-order valence-corrected chi connectivity index (χ3v) is 3.30. The van der Waals surface area contributed by atoms with Crippen molar-refractivity contribution in [1.82, 2.24) is 4.90 Å². The first-order valence-electron chi connectivity index (χ1n) is 7.07. The highest BCUT2D eigenvalue weighted by molar-refractivity contribution is 5.82. The van der Waals surface area contributed by atoms with Crippen molar-refractivity contribution < 1.29 is 14.3 Å². The topological polar surface area (TPSA) is 62.6 Å². The van der Waals surface area contributed by atoms with Crippen molar-refractivity contribution in [2.75, 3.05) is 21.2 Å². The van der Waals surface area contributed by atoms with Crippen LogP contribution in [-0.4, -0.2) is 32.0 Å². The number of ether oxygens (including phenoxy) is 2. The van der Waals surface area contributed by atoms with Crippen molar-refractivity contribution in [2.24, 2.45) is 0 Å². The molecule has 0 aromatic heterocycles. The van der Waals surface area contributed by atoms with Crippen LogP contribution in [0.2, 0.25) is 0 Å². The lowest BCUT2D eigenvalue weighted by molar-refractivity contribution is -0.136. The molecule has 0 aliphatic carbocycles. The van der Waals surface area contributed by atoms with Crippen molar-refractivity contribution in [3.05, 3.63) is 59.7 Å². The fourth-order valence-corrected chi connectivity index (χ4v) is 2.08. The van der Waals surface area contributed by atoms with E-state index in [4.69, 9.17) is 14.7 Å². The zero-order valence-electron chi connectivity index (χ0n) is 13.3. The Labute approximate surface area is 135 Å². The lowest BCUT2D eigenvalue weighted by Crippen LogP contribution is -2.31. The summed E-state index contributed by atoms with van der Waals surface area (Å²) in [5.41, 5.74) is 1.21. The second-order valence-corrected chi connectivity index (χ2v) is 5.12. The molecule has 0 fully saturated rings. The number of amides is 1. The van der Waals surface area contributed by atoms with E-state index in [9.17, 15) is 4.79 Å². The quantitative estimate of drug-likeness (QED) is 0.852. The van der Waals surface area contributed by atoms with Crippen LogP contribution in [0.15, 0.2) is 48.5 Å². The summed E-state index contributed by atoms with van der Waals surface area (Å²) in [5, 5.41) is 8.96. The second kappa shape index (κ2) is 7.32.